The van der Waals surface area contributed by atoms with Gasteiger partial charge in [-0.1, -0.05) is 51.1 Å². The number of ether oxygens (including phenoxy) is 3. The van der Waals surface area contributed by atoms with Gasteiger partial charge in [0, 0.05) is 13.0 Å². The molecule has 0 aliphatic carbocycles. The quantitative estimate of drug-likeness (QED) is 0.480. The Kier molecular flexibility index (Phi) is 7.61. The van der Waals surface area contributed by atoms with Crippen LogP contribution in [0.15, 0.2) is 30.3 Å². The molecule has 2 aliphatic rings. The van der Waals surface area contributed by atoms with Crippen molar-refractivity contribution in [1.82, 2.24) is 5.06 Å². The van der Waals surface area contributed by atoms with Crippen molar-refractivity contribution >= 4 is 14.3 Å². The van der Waals surface area contributed by atoms with Gasteiger partial charge in [0.05, 0.1) is 25.9 Å². The minimum Gasteiger partial charge on any atom is -0.467 e. The monoisotopic (exact) mass is 451 g/mol. The van der Waals surface area contributed by atoms with Crippen molar-refractivity contribution in [3.05, 3.63) is 35.9 Å². The van der Waals surface area contributed by atoms with E-state index in [1.165, 1.54) is 7.11 Å². The number of benzene rings is 1. The predicted octanol–water partition coefficient (Wildman–Crippen LogP) is 3.89. The highest BCUT2D eigenvalue weighted by atomic mass is 28.4. The average Bonchev–Trinajstić information content (AvgIpc) is 3.12. The third-order valence-corrected chi connectivity index (χ3v) is 11.1. The number of carbonyl (C=O) groups is 1. The van der Waals surface area contributed by atoms with Crippen molar-refractivity contribution in [3.63, 3.8) is 0 Å². The van der Waals surface area contributed by atoms with E-state index in [0.717, 1.165) is 5.56 Å². The fourth-order valence-electron chi connectivity index (χ4n) is 3.78. The molecule has 174 valence electrons. The third-order valence-electron chi connectivity index (χ3n) is 6.58. The Bertz CT molecular complexity index is 737. The molecular weight excluding hydrogens is 414 g/mol. The summed E-state index contributed by atoms with van der Waals surface area (Å²) in [5.41, 5.74) is 1.10. The summed E-state index contributed by atoms with van der Waals surface area (Å²) in [4.78, 5) is 18.3. The zero-order valence-corrected chi connectivity index (χ0v) is 20.8. The average molecular weight is 452 g/mol. The van der Waals surface area contributed by atoms with Gasteiger partial charge in [0.15, 0.2) is 20.7 Å². The van der Waals surface area contributed by atoms with Crippen LogP contribution in [0.4, 0.5) is 0 Å². The minimum absolute atomic E-state index is 0.0606. The lowest BCUT2D eigenvalue weighted by atomic mass is 9.99. The molecule has 0 amide bonds. The number of rotatable bonds is 6. The highest BCUT2D eigenvalue weighted by Crippen LogP contribution is 2.40. The third kappa shape index (κ3) is 5.74. The van der Waals surface area contributed by atoms with Crippen molar-refractivity contribution in [2.45, 2.75) is 89.4 Å². The van der Waals surface area contributed by atoms with Gasteiger partial charge in [-0.05, 0) is 30.6 Å². The lowest BCUT2D eigenvalue weighted by Crippen LogP contribution is -2.57. The van der Waals surface area contributed by atoms with Crippen molar-refractivity contribution in [1.29, 1.82) is 0 Å². The summed E-state index contributed by atoms with van der Waals surface area (Å²) in [7, 11) is -0.674. The molecule has 1 aromatic rings. The Morgan fingerprint density at radius 2 is 1.90 bits per heavy atom. The zero-order chi connectivity index (χ0) is 22.8. The molecule has 2 heterocycles. The van der Waals surface area contributed by atoms with Crippen LogP contribution in [-0.2, 0) is 34.8 Å². The van der Waals surface area contributed by atoms with E-state index in [9.17, 15) is 4.79 Å². The molecule has 2 aliphatic heterocycles. The van der Waals surface area contributed by atoms with E-state index in [2.05, 4.69) is 33.9 Å². The summed E-state index contributed by atoms with van der Waals surface area (Å²) in [6.07, 6.45) is -1.04. The molecule has 0 bridgehead atoms. The molecule has 2 fully saturated rings. The molecule has 1 aromatic carbocycles. The lowest BCUT2D eigenvalue weighted by molar-refractivity contribution is -0.271. The number of carbonyl (C=O) groups excluding carboxylic acids is 1. The maximum atomic E-state index is 12.3. The van der Waals surface area contributed by atoms with Crippen molar-refractivity contribution < 1.29 is 28.3 Å². The van der Waals surface area contributed by atoms with Gasteiger partial charge in [0.25, 0.3) is 0 Å². The molecule has 0 unspecified atom stereocenters. The molecule has 0 aromatic heterocycles. The second kappa shape index (κ2) is 9.68. The SMILES string of the molecule is COC(=O)[C@H]1C[C@@H]([C@@H]2O[C@H](C)OC[C@H]2O[Si](C)(C)C(C)(C)C)N(Cc2ccccc2)O1. The Hall–Kier alpha value is -1.29. The van der Waals surface area contributed by atoms with Gasteiger partial charge in [-0.25, -0.2) is 4.79 Å². The van der Waals surface area contributed by atoms with Crippen LogP contribution in [0, 0.1) is 0 Å². The largest absolute Gasteiger partial charge is 0.467 e. The number of hydrogen-bond donors (Lipinski definition) is 0. The summed E-state index contributed by atoms with van der Waals surface area (Å²) in [5, 5.41) is 1.92. The van der Waals surface area contributed by atoms with E-state index in [-0.39, 0.29) is 35.5 Å². The van der Waals surface area contributed by atoms with Gasteiger partial charge in [-0.3, -0.25) is 4.84 Å². The highest BCUT2D eigenvalue weighted by molar-refractivity contribution is 6.74. The number of hydroxylamine groups is 2. The first-order valence-electron chi connectivity index (χ1n) is 11.0. The number of hydrogen-bond acceptors (Lipinski definition) is 7. The summed E-state index contributed by atoms with van der Waals surface area (Å²) in [6, 6.07) is 9.90. The summed E-state index contributed by atoms with van der Waals surface area (Å²) < 4.78 is 23.8. The van der Waals surface area contributed by atoms with Crippen LogP contribution in [0.2, 0.25) is 18.1 Å². The maximum Gasteiger partial charge on any atom is 0.337 e. The second-order valence-electron chi connectivity index (χ2n) is 9.90. The van der Waals surface area contributed by atoms with Gasteiger partial charge in [0.2, 0.25) is 0 Å². The van der Waals surface area contributed by atoms with E-state index < -0.39 is 14.4 Å². The van der Waals surface area contributed by atoms with Gasteiger partial charge < -0.3 is 18.6 Å². The van der Waals surface area contributed by atoms with E-state index >= 15 is 0 Å². The van der Waals surface area contributed by atoms with Gasteiger partial charge >= 0.3 is 5.97 Å². The van der Waals surface area contributed by atoms with E-state index in [1.807, 2.05) is 42.3 Å². The van der Waals surface area contributed by atoms with Crippen LogP contribution in [-0.4, -0.2) is 63.7 Å². The molecule has 5 atom stereocenters. The summed E-state index contributed by atoms with van der Waals surface area (Å²) in [6.45, 7) is 14.0. The normalized spacial score (nSPS) is 30.4. The molecule has 7 nitrogen and oxygen atoms in total. The zero-order valence-electron chi connectivity index (χ0n) is 19.8. The number of methoxy groups -OCH3 is 1. The van der Waals surface area contributed by atoms with Crippen LogP contribution < -0.4 is 0 Å². The molecule has 0 N–H and O–H groups in total. The Balaban J connectivity index is 1.86. The van der Waals surface area contributed by atoms with E-state index in [0.29, 0.717) is 19.6 Å². The smallest absolute Gasteiger partial charge is 0.337 e. The molecule has 31 heavy (non-hydrogen) atoms. The first-order valence-corrected chi connectivity index (χ1v) is 13.9. The standard InChI is InChI=1S/C23H37NO6Si/c1-16-27-15-20(30-31(6,7)23(2,3)4)21(28-16)18-13-19(22(25)26-5)29-24(18)14-17-11-9-8-10-12-17/h8-12,16,18-21H,13-15H2,1-7H3/t16-,18+,19-,20-,21+/m1/s1. The second-order valence-corrected chi connectivity index (χ2v) is 14.7. The van der Waals surface area contributed by atoms with Gasteiger partial charge in [-0.2, -0.15) is 5.06 Å². The molecule has 2 saturated heterocycles. The number of esters is 1. The Morgan fingerprint density at radius 3 is 2.52 bits per heavy atom. The topological polar surface area (TPSA) is 66.5 Å². The minimum atomic E-state index is -2.06. The summed E-state index contributed by atoms with van der Waals surface area (Å²) >= 11 is 0. The first-order chi connectivity index (χ1) is 14.5. The molecule has 0 radical (unpaired) electrons. The van der Waals surface area contributed by atoms with E-state index in [4.69, 9.17) is 23.5 Å². The molecule has 3 rings (SSSR count). The van der Waals surface area contributed by atoms with Crippen LogP contribution in [0.3, 0.4) is 0 Å². The molecule has 0 spiro atoms. The van der Waals surface area contributed by atoms with Crippen molar-refractivity contribution in [2.75, 3.05) is 13.7 Å². The Labute approximate surface area is 187 Å². The fraction of sp³-hybridized carbons (Fsp3) is 0.696. The fourth-order valence-corrected chi connectivity index (χ4v) is 5.09. The lowest BCUT2D eigenvalue weighted by Gasteiger charge is -2.46. The highest BCUT2D eigenvalue weighted by Gasteiger charge is 2.50. The molecular formula is C23H37NO6Si. The maximum absolute atomic E-state index is 12.3. The predicted molar refractivity (Wildman–Crippen MR) is 120 cm³/mol. The first kappa shape index (κ1) is 24.4. The van der Waals surface area contributed by atoms with E-state index in [1.54, 1.807) is 0 Å². The van der Waals surface area contributed by atoms with Gasteiger partial charge in [0.1, 0.15) is 6.10 Å². The Morgan fingerprint density at radius 1 is 1.23 bits per heavy atom. The van der Waals surface area contributed by atoms with Crippen LogP contribution in [0.5, 0.6) is 0 Å². The van der Waals surface area contributed by atoms with Crippen molar-refractivity contribution in [3.8, 4) is 0 Å². The molecule has 8 heteroatoms. The van der Waals surface area contributed by atoms with Crippen LogP contribution in [0.1, 0.15) is 39.7 Å². The van der Waals surface area contributed by atoms with Crippen LogP contribution in [0.25, 0.3) is 0 Å². The van der Waals surface area contributed by atoms with Gasteiger partial charge in [-0.15, -0.1) is 0 Å². The van der Waals surface area contributed by atoms with Crippen molar-refractivity contribution in [2.24, 2.45) is 0 Å². The van der Waals surface area contributed by atoms with Crippen LogP contribution >= 0.6 is 0 Å². The summed E-state index contributed by atoms with van der Waals surface area (Å²) in [5.74, 6) is -0.373. The number of nitrogens with zero attached hydrogens (tertiary/aromatic N) is 1. The molecule has 0 saturated carbocycles.